The highest BCUT2D eigenvalue weighted by molar-refractivity contribution is 14.1. The van der Waals surface area contributed by atoms with Gasteiger partial charge < -0.3 is 0 Å². The lowest BCUT2D eigenvalue weighted by molar-refractivity contribution is 0.0642. The molecule has 0 aliphatic carbocycles. The molecule has 0 unspecified atom stereocenters. The van der Waals surface area contributed by atoms with Crippen LogP contribution < -0.4 is 0 Å². The van der Waals surface area contributed by atoms with Crippen LogP contribution in [0, 0.1) is 3.57 Å². The first-order valence-corrected chi connectivity index (χ1v) is 6.94. The van der Waals surface area contributed by atoms with Crippen LogP contribution in [0.25, 0.3) is 0 Å². The number of rotatable bonds is 2. The highest BCUT2D eigenvalue weighted by atomic mass is 127. The number of hydrogen-bond donors (Lipinski definition) is 0. The number of benzene rings is 2. The van der Waals surface area contributed by atoms with Gasteiger partial charge in [-0.25, -0.2) is 0 Å². The minimum atomic E-state index is -0.208. The Kier molecular flexibility index (Phi) is 3.10. The van der Waals surface area contributed by atoms with E-state index in [1.165, 1.54) is 4.90 Å². The Hall–Kier alpha value is -1.69. The maximum absolute atomic E-state index is 12.3. The van der Waals surface area contributed by atoms with Crippen molar-refractivity contribution in [3.05, 3.63) is 68.8 Å². The summed E-state index contributed by atoms with van der Waals surface area (Å²) in [5.74, 6) is -0.414. The second-order valence-corrected chi connectivity index (χ2v) is 5.62. The standard InChI is InChI=1S/C15H10INO2/c16-11-6-7-12-13(8-11)15(19)17(14(12)18)9-10-4-2-1-3-5-10/h1-8H,9H2. The molecule has 2 amide bonds. The Morgan fingerprint density at radius 2 is 1.58 bits per heavy atom. The third-order valence-corrected chi connectivity index (χ3v) is 3.79. The van der Waals surface area contributed by atoms with Gasteiger partial charge in [0.25, 0.3) is 11.8 Å². The molecule has 1 aliphatic rings. The predicted molar refractivity (Wildman–Crippen MR) is 79.8 cm³/mol. The number of hydrogen-bond acceptors (Lipinski definition) is 2. The molecule has 0 saturated heterocycles. The molecule has 19 heavy (non-hydrogen) atoms. The molecule has 0 aromatic heterocycles. The van der Waals surface area contributed by atoms with Gasteiger partial charge in [0.1, 0.15) is 0 Å². The van der Waals surface area contributed by atoms with Gasteiger partial charge >= 0.3 is 0 Å². The van der Waals surface area contributed by atoms with Crippen LogP contribution in [-0.2, 0) is 6.54 Å². The zero-order chi connectivity index (χ0) is 13.4. The van der Waals surface area contributed by atoms with Crippen molar-refractivity contribution in [1.29, 1.82) is 0 Å². The first kappa shape index (κ1) is 12.3. The molecule has 2 aromatic rings. The van der Waals surface area contributed by atoms with Crippen molar-refractivity contribution >= 4 is 34.4 Å². The summed E-state index contributed by atoms with van der Waals surface area (Å²) in [7, 11) is 0. The highest BCUT2D eigenvalue weighted by Gasteiger charge is 2.35. The average Bonchev–Trinajstić information content (AvgIpc) is 2.65. The van der Waals surface area contributed by atoms with Crippen LogP contribution in [0.4, 0.5) is 0 Å². The number of amides is 2. The van der Waals surface area contributed by atoms with Gasteiger partial charge in [-0.3, -0.25) is 14.5 Å². The van der Waals surface area contributed by atoms with E-state index in [2.05, 4.69) is 22.6 Å². The van der Waals surface area contributed by atoms with E-state index in [-0.39, 0.29) is 11.8 Å². The van der Waals surface area contributed by atoms with Gasteiger partial charge in [-0.1, -0.05) is 30.3 Å². The maximum Gasteiger partial charge on any atom is 0.261 e. The first-order valence-electron chi connectivity index (χ1n) is 5.86. The zero-order valence-corrected chi connectivity index (χ0v) is 12.1. The SMILES string of the molecule is O=C1c2ccc(I)cc2C(=O)N1Cc1ccccc1. The van der Waals surface area contributed by atoms with E-state index in [0.29, 0.717) is 17.7 Å². The van der Waals surface area contributed by atoms with Gasteiger partial charge in [-0.05, 0) is 46.4 Å². The number of halogens is 1. The van der Waals surface area contributed by atoms with Crippen LogP contribution >= 0.6 is 22.6 Å². The number of nitrogens with zero attached hydrogens (tertiary/aromatic N) is 1. The van der Waals surface area contributed by atoms with Crippen molar-refractivity contribution in [3.8, 4) is 0 Å². The van der Waals surface area contributed by atoms with E-state index in [1.54, 1.807) is 12.1 Å². The van der Waals surface area contributed by atoms with Gasteiger partial charge in [0.05, 0.1) is 17.7 Å². The molecule has 3 nitrogen and oxygen atoms in total. The number of imide groups is 1. The summed E-state index contributed by atoms with van der Waals surface area (Å²) in [5, 5.41) is 0. The molecular weight excluding hydrogens is 353 g/mol. The fourth-order valence-electron chi connectivity index (χ4n) is 2.17. The molecule has 4 heteroatoms. The quantitative estimate of drug-likeness (QED) is 0.608. The Labute approximate surface area is 124 Å². The van der Waals surface area contributed by atoms with Crippen LogP contribution in [0.1, 0.15) is 26.3 Å². The third kappa shape index (κ3) is 2.16. The summed E-state index contributed by atoms with van der Waals surface area (Å²) in [6, 6.07) is 14.9. The first-order chi connectivity index (χ1) is 9.16. The second-order valence-electron chi connectivity index (χ2n) is 4.37. The monoisotopic (exact) mass is 363 g/mol. The van der Waals surface area contributed by atoms with E-state index in [0.717, 1.165) is 9.13 Å². The van der Waals surface area contributed by atoms with Gasteiger partial charge in [0, 0.05) is 3.57 Å². The third-order valence-electron chi connectivity index (χ3n) is 3.12. The van der Waals surface area contributed by atoms with Crippen molar-refractivity contribution in [1.82, 2.24) is 4.90 Å². The molecule has 2 aromatic carbocycles. The summed E-state index contributed by atoms with van der Waals surface area (Å²) in [6.45, 7) is 0.323. The summed E-state index contributed by atoms with van der Waals surface area (Å²) < 4.78 is 0.957. The van der Waals surface area contributed by atoms with Crippen molar-refractivity contribution < 1.29 is 9.59 Å². The topological polar surface area (TPSA) is 37.4 Å². The number of carbonyl (C=O) groups is 2. The van der Waals surface area contributed by atoms with E-state index in [4.69, 9.17) is 0 Å². The molecule has 0 radical (unpaired) electrons. The van der Waals surface area contributed by atoms with Crippen molar-refractivity contribution in [2.75, 3.05) is 0 Å². The summed E-state index contributed by atoms with van der Waals surface area (Å²) in [5.41, 5.74) is 1.96. The average molecular weight is 363 g/mol. The zero-order valence-electron chi connectivity index (χ0n) is 9.97. The Morgan fingerprint density at radius 3 is 2.32 bits per heavy atom. The lowest BCUT2D eigenvalue weighted by atomic mass is 10.1. The Balaban J connectivity index is 1.95. The Morgan fingerprint density at radius 1 is 0.895 bits per heavy atom. The fourth-order valence-corrected chi connectivity index (χ4v) is 2.66. The lowest BCUT2D eigenvalue weighted by Gasteiger charge is -2.13. The van der Waals surface area contributed by atoms with Gasteiger partial charge in [0.2, 0.25) is 0 Å². The fraction of sp³-hybridized carbons (Fsp3) is 0.0667. The lowest BCUT2D eigenvalue weighted by Crippen LogP contribution is -2.29. The minimum absolute atomic E-state index is 0.206. The molecule has 0 spiro atoms. The molecule has 1 aliphatic heterocycles. The van der Waals surface area contributed by atoms with Crippen LogP contribution in [-0.4, -0.2) is 16.7 Å². The molecule has 0 bridgehead atoms. The molecular formula is C15H10INO2. The summed E-state index contributed by atoms with van der Waals surface area (Å²) >= 11 is 2.14. The van der Waals surface area contributed by atoms with Crippen LogP contribution in [0.5, 0.6) is 0 Å². The maximum atomic E-state index is 12.3. The second kappa shape index (κ2) is 4.77. The predicted octanol–water partition coefficient (Wildman–Crippen LogP) is 3.09. The van der Waals surface area contributed by atoms with Crippen LogP contribution in [0.3, 0.4) is 0 Å². The van der Waals surface area contributed by atoms with E-state index < -0.39 is 0 Å². The number of fused-ring (bicyclic) bond motifs is 1. The molecule has 1 heterocycles. The molecule has 94 valence electrons. The largest absolute Gasteiger partial charge is 0.270 e. The molecule has 0 fully saturated rings. The molecule has 0 atom stereocenters. The molecule has 3 rings (SSSR count). The van der Waals surface area contributed by atoms with Gasteiger partial charge in [-0.15, -0.1) is 0 Å². The Bertz CT molecular complexity index is 667. The van der Waals surface area contributed by atoms with Crippen molar-refractivity contribution in [3.63, 3.8) is 0 Å². The number of carbonyl (C=O) groups excluding carboxylic acids is 2. The van der Waals surface area contributed by atoms with Crippen molar-refractivity contribution in [2.24, 2.45) is 0 Å². The van der Waals surface area contributed by atoms with Gasteiger partial charge in [-0.2, -0.15) is 0 Å². The van der Waals surface area contributed by atoms with Crippen LogP contribution in [0.2, 0.25) is 0 Å². The van der Waals surface area contributed by atoms with Crippen molar-refractivity contribution in [2.45, 2.75) is 6.54 Å². The minimum Gasteiger partial charge on any atom is -0.270 e. The molecule has 0 N–H and O–H groups in total. The summed E-state index contributed by atoms with van der Waals surface area (Å²) in [6.07, 6.45) is 0. The van der Waals surface area contributed by atoms with E-state index in [1.807, 2.05) is 36.4 Å². The summed E-state index contributed by atoms with van der Waals surface area (Å²) in [4.78, 5) is 25.8. The molecule has 0 saturated carbocycles. The van der Waals surface area contributed by atoms with E-state index >= 15 is 0 Å². The van der Waals surface area contributed by atoms with Gasteiger partial charge in [0.15, 0.2) is 0 Å². The smallest absolute Gasteiger partial charge is 0.261 e. The van der Waals surface area contributed by atoms with E-state index in [9.17, 15) is 9.59 Å². The normalized spacial score (nSPS) is 13.8. The van der Waals surface area contributed by atoms with Crippen LogP contribution in [0.15, 0.2) is 48.5 Å². The highest BCUT2D eigenvalue weighted by Crippen LogP contribution is 2.25.